The molecule has 0 spiro atoms. The van der Waals surface area contributed by atoms with Crippen LogP contribution >= 0.6 is 11.6 Å². The highest BCUT2D eigenvalue weighted by Gasteiger charge is 2.05. The molecule has 0 unspecified atom stereocenters. The fourth-order valence-corrected chi connectivity index (χ4v) is 1.72. The van der Waals surface area contributed by atoms with Crippen LogP contribution in [-0.4, -0.2) is 53.1 Å². The highest BCUT2D eigenvalue weighted by molar-refractivity contribution is 6.28. The van der Waals surface area contributed by atoms with Crippen LogP contribution in [0, 0.1) is 0 Å². The van der Waals surface area contributed by atoms with E-state index in [2.05, 4.69) is 39.0 Å². The number of hydrogen-bond donors (Lipinski definition) is 1. The Morgan fingerprint density at radius 3 is 2.61 bits per heavy atom. The minimum Gasteiger partial charge on any atom is -0.467 e. The molecule has 0 fully saturated rings. The topological polar surface area (TPSA) is 63.2 Å². The number of ether oxygens (including phenoxy) is 1. The third kappa shape index (κ3) is 5.01. The van der Waals surface area contributed by atoms with Gasteiger partial charge in [0.05, 0.1) is 7.11 Å². The van der Waals surface area contributed by atoms with Gasteiger partial charge in [0.25, 0.3) is 0 Å². The zero-order chi connectivity index (χ0) is 13.4. The van der Waals surface area contributed by atoms with Crippen molar-refractivity contribution in [3.05, 3.63) is 5.28 Å². The maximum Gasteiger partial charge on any atom is 0.322 e. The van der Waals surface area contributed by atoms with Gasteiger partial charge in [-0.1, -0.05) is 13.8 Å². The lowest BCUT2D eigenvalue weighted by Crippen LogP contribution is -2.30. The van der Waals surface area contributed by atoms with E-state index in [1.54, 1.807) is 0 Å². The van der Waals surface area contributed by atoms with Crippen molar-refractivity contribution in [3.63, 3.8) is 0 Å². The van der Waals surface area contributed by atoms with Gasteiger partial charge in [0.1, 0.15) is 0 Å². The van der Waals surface area contributed by atoms with E-state index in [1.807, 2.05) is 0 Å². The monoisotopic (exact) mass is 273 g/mol. The predicted octanol–water partition coefficient (Wildman–Crippen LogP) is 1.68. The zero-order valence-corrected chi connectivity index (χ0v) is 11.9. The highest BCUT2D eigenvalue weighted by Crippen LogP contribution is 2.10. The number of nitrogens with zero attached hydrogens (tertiary/aromatic N) is 4. The molecule has 0 aliphatic carbocycles. The molecule has 0 amide bonds. The molecule has 0 aromatic carbocycles. The molecular formula is C11H20ClN5O. The Kier molecular flexibility index (Phi) is 6.67. The largest absolute Gasteiger partial charge is 0.467 e. The Morgan fingerprint density at radius 1 is 1.22 bits per heavy atom. The number of hydrogen-bond acceptors (Lipinski definition) is 6. The van der Waals surface area contributed by atoms with Crippen LogP contribution in [-0.2, 0) is 0 Å². The lowest BCUT2D eigenvalue weighted by molar-refractivity contribution is 0.299. The van der Waals surface area contributed by atoms with Gasteiger partial charge in [0, 0.05) is 13.1 Å². The van der Waals surface area contributed by atoms with Crippen LogP contribution in [0.3, 0.4) is 0 Å². The van der Waals surface area contributed by atoms with E-state index in [-0.39, 0.29) is 11.3 Å². The van der Waals surface area contributed by atoms with Crippen LogP contribution in [0.1, 0.15) is 20.3 Å². The van der Waals surface area contributed by atoms with Gasteiger partial charge in [-0.05, 0) is 31.1 Å². The maximum absolute atomic E-state index is 5.75. The molecule has 0 aliphatic heterocycles. The highest BCUT2D eigenvalue weighted by atomic mass is 35.5. The van der Waals surface area contributed by atoms with E-state index in [4.69, 9.17) is 16.3 Å². The van der Waals surface area contributed by atoms with Gasteiger partial charge in [0.15, 0.2) is 0 Å². The van der Waals surface area contributed by atoms with Gasteiger partial charge in [-0.2, -0.15) is 15.0 Å². The summed E-state index contributed by atoms with van der Waals surface area (Å²) in [4.78, 5) is 14.2. The van der Waals surface area contributed by atoms with Crippen molar-refractivity contribution in [3.8, 4) is 6.01 Å². The first kappa shape index (κ1) is 14.9. The van der Waals surface area contributed by atoms with Gasteiger partial charge in [-0.3, -0.25) is 0 Å². The van der Waals surface area contributed by atoms with Gasteiger partial charge >= 0.3 is 6.01 Å². The quantitative estimate of drug-likeness (QED) is 0.777. The lowest BCUT2D eigenvalue weighted by Gasteiger charge is -2.19. The second kappa shape index (κ2) is 8.05. The molecule has 102 valence electrons. The number of rotatable bonds is 8. The molecule has 7 heteroatoms. The molecule has 0 saturated carbocycles. The summed E-state index contributed by atoms with van der Waals surface area (Å²) >= 11 is 5.75. The SMILES string of the molecule is CCCN(CC)CCNc1nc(Cl)nc(OC)n1. The fourth-order valence-electron chi connectivity index (χ4n) is 1.57. The second-order valence-corrected chi connectivity index (χ2v) is 4.11. The first-order valence-corrected chi connectivity index (χ1v) is 6.49. The van der Waals surface area contributed by atoms with E-state index in [0.29, 0.717) is 5.95 Å². The first-order chi connectivity index (χ1) is 8.69. The Labute approximate surface area is 113 Å². The molecule has 0 aliphatic rings. The summed E-state index contributed by atoms with van der Waals surface area (Å²) in [5.41, 5.74) is 0. The number of halogens is 1. The molecule has 1 aromatic rings. The molecule has 6 nitrogen and oxygen atoms in total. The van der Waals surface area contributed by atoms with Crippen molar-refractivity contribution in [2.45, 2.75) is 20.3 Å². The second-order valence-electron chi connectivity index (χ2n) is 3.78. The average Bonchev–Trinajstić information content (AvgIpc) is 2.37. The normalized spacial score (nSPS) is 10.7. The molecule has 0 radical (unpaired) electrons. The third-order valence-electron chi connectivity index (χ3n) is 2.47. The van der Waals surface area contributed by atoms with Crippen molar-refractivity contribution in [2.24, 2.45) is 0 Å². The molecule has 0 saturated heterocycles. The van der Waals surface area contributed by atoms with Crippen molar-refractivity contribution in [1.82, 2.24) is 19.9 Å². The maximum atomic E-state index is 5.75. The molecule has 1 rings (SSSR count). The lowest BCUT2D eigenvalue weighted by atomic mass is 10.4. The van der Waals surface area contributed by atoms with Crippen LogP contribution in [0.15, 0.2) is 0 Å². The van der Waals surface area contributed by atoms with E-state index >= 15 is 0 Å². The Hall–Kier alpha value is -1.14. The van der Waals surface area contributed by atoms with E-state index in [0.717, 1.165) is 32.6 Å². The summed E-state index contributed by atoms with van der Waals surface area (Å²) in [5.74, 6) is 0.444. The average molecular weight is 274 g/mol. The Morgan fingerprint density at radius 2 is 2.00 bits per heavy atom. The molecule has 0 atom stereocenters. The van der Waals surface area contributed by atoms with Crippen LogP contribution < -0.4 is 10.1 Å². The summed E-state index contributed by atoms with van der Waals surface area (Å²) in [5, 5.41) is 3.24. The fraction of sp³-hybridized carbons (Fsp3) is 0.727. The molecule has 1 N–H and O–H groups in total. The van der Waals surface area contributed by atoms with Crippen molar-refractivity contribution in [1.29, 1.82) is 0 Å². The molecule has 18 heavy (non-hydrogen) atoms. The Balaban J connectivity index is 2.45. The molecule has 1 aromatic heterocycles. The number of nitrogens with one attached hydrogen (secondary N) is 1. The van der Waals surface area contributed by atoms with Crippen molar-refractivity contribution >= 4 is 17.5 Å². The minimum atomic E-state index is 0.130. The summed E-state index contributed by atoms with van der Waals surface area (Å²) < 4.78 is 4.93. The van der Waals surface area contributed by atoms with Gasteiger partial charge in [-0.15, -0.1) is 0 Å². The van der Waals surface area contributed by atoms with Gasteiger partial charge in [-0.25, -0.2) is 0 Å². The summed E-state index contributed by atoms with van der Waals surface area (Å²) in [6.07, 6.45) is 1.15. The van der Waals surface area contributed by atoms with Crippen LogP contribution in [0.25, 0.3) is 0 Å². The van der Waals surface area contributed by atoms with Gasteiger partial charge < -0.3 is 15.0 Å². The van der Waals surface area contributed by atoms with Crippen LogP contribution in [0.5, 0.6) is 6.01 Å². The zero-order valence-electron chi connectivity index (χ0n) is 11.1. The van der Waals surface area contributed by atoms with E-state index in [1.165, 1.54) is 7.11 Å². The van der Waals surface area contributed by atoms with E-state index < -0.39 is 0 Å². The smallest absolute Gasteiger partial charge is 0.322 e. The summed E-state index contributed by atoms with van der Waals surface area (Å²) in [6.45, 7) is 8.16. The number of anilines is 1. The third-order valence-corrected chi connectivity index (χ3v) is 2.64. The summed E-state index contributed by atoms with van der Waals surface area (Å²) in [6, 6.07) is 0.221. The molecular weight excluding hydrogens is 254 g/mol. The van der Waals surface area contributed by atoms with Crippen LogP contribution in [0.2, 0.25) is 5.28 Å². The summed E-state index contributed by atoms with van der Waals surface area (Å²) in [7, 11) is 1.50. The number of aromatic nitrogens is 3. The first-order valence-electron chi connectivity index (χ1n) is 6.11. The minimum absolute atomic E-state index is 0.130. The van der Waals surface area contributed by atoms with Gasteiger partial charge in [0.2, 0.25) is 11.2 Å². The van der Waals surface area contributed by atoms with Crippen LogP contribution in [0.4, 0.5) is 5.95 Å². The molecule has 0 bridgehead atoms. The standard InChI is InChI=1S/C11H20ClN5O/c1-4-7-17(5-2)8-6-13-10-14-9(12)15-11(16-10)18-3/h4-8H2,1-3H3,(H,13,14,15,16). The Bertz CT molecular complexity index is 363. The van der Waals surface area contributed by atoms with E-state index in [9.17, 15) is 0 Å². The molecule has 1 heterocycles. The van der Waals surface area contributed by atoms with Crippen molar-refractivity contribution in [2.75, 3.05) is 38.6 Å². The predicted molar refractivity (Wildman–Crippen MR) is 72.3 cm³/mol. The van der Waals surface area contributed by atoms with Crippen molar-refractivity contribution < 1.29 is 4.74 Å². The number of methoxy groups -OCH3 is 1. The number of likely N-dealkylation sites (N-methyl/N-ethyl adjacent to an activating group) is 1.